The standard InChI is InChI=1S/C12H13N3O2S/c1-14-9-13-15(12(14)17)7-11-6-10(8-18-11)4-2-3-5-16/h6,8-9,16H,3,5,7H2,1H3. The molecule has 0 aromatic carbocycles. The lowest BCUT2D eigenvalue weighted by Gasteiger charge is -1.94. The quantitative estimate of drug-likeness (QED) is 0.817. The van der Waals surface area contributed by atoms with Gasteiger partial charge in [-0.25, -0.2) is 9.48 Å². The Kier molecular flexibility index (Phi) is 3.97. The Morgan fingerprint density at radius 2 is 2.39 bits per heavy atom. The van der Waals surface area contributed by atoms with Crippen molar-refractivity contribution in [1.29, 1.82) is 0 Å². The normalized spacial score (nSPS) is 10.1. The maximum Gasteiger partial charge on any atom is 0.345 e. The summed E-state index contributed by atoms with van der Waals surface area (Å²) in [6.07, 6.45) is 1.97. The van der Waals surface area contributed by atoms with Crippen LogP contribution in [0.4, 0.5) is 0 Å². The largest absolute Gasteiger partial charge is 0.395 e. The van der Waals surface area contributed by atoms with Gasteiger partial charge in [0.05, 0.1) is 13.2 Å². The highest BCUT2D eigenvalue weighted by Gasteiger charge is 2.04. The van der Waals surface area contributed by atoms with Gasteiger partial charge in [-0.05, 0) is 6.07 Å². The van der Waals surface area contributed by atoms with E-state index in [1.165, 1.54) is 15.6 Å². The highest BCUT2D eigenvalue weighted by atomic mass is 32.1. The summed E-state index contributed by atoms with van der Waals surface area (Å²) in [5, 5.41) is 14.6. The third-order valence-electron chi connectivity index (χ3n) is 2.32. The number of aryl methyl sites for hydroxylation is 1. The monoisotopic (exact) mass is 263 g/mol. The number of nitrogens with zero attached hydrogens (tertiary/aromatic N) is 3. The number of aromatic nitrogens is 3. The average molecular weight is 263 g/mol. The van der Waals surface area contributed by atoms with Crippen LogP contribution >= 0.6 is 11.3 Å². The molecule has 6 heteroatoms. The molecular formula is C12H13N3O2S. The molecule has 0 aliphatic heterocycles. The Hall–Kier alpha value is -1.84. The minimum Gasteiger partial charge on any atom is -0.395 e. The van der Waals surface area contributed by atoms with E-state index in [0.29, 0.717) is 13.0 Å². The van der Waals surface area contributed by atoms with E-state index in [-0.39, 0.29) is 12.3 Å². The first kappa shape index (κ1) is 12.6. The van der Waals surface area contributed by atoms with E-state index >= 15 is 0 Å². The zero-order valence-corrected chi connectivity index (χ0v) is 10.8. The Balaban J connectivity index is 2.10. The number of thiophene rings is 1. The summed E-state index contributed by atoms with van der Waals surface area (Å²) >= 11 is 1.55. The molecule has 0 aliphatic rings. The third kappa shape index (κ3) is 2.88. The predicted octanol–water partition coefficient (Wildman–Crippen LogP) is 0.425. The molecule has 0 atom stereocenters. The molecule has 0 saturated carbocycles. The van der Waals surface area contributed by atoms with Crippen molar-refractivity contribution in [1.82, 2.24) is 14.3 Å². The van der Waals surface area contributed by atoms with Crippen molar-refractivity contribution in [3.05, 3.63) is 38.7 Å². The van der Waals surface area contributed by atoms with Crippen molar-refractivity contribution in [3.8, 4) is 11.8 Å². The van der Waals surface area contributed by atoms with Crippen LogP contribution in [0.2, 0.25) is 0 Å². The second kappa shape index (κ2) is 5.67. The molecule has 0 spiro atoms. The molecule has 2 rings (SSSR count). The van der Waals surface area contributed by atoms with Gasteiger partial charge in [0.25, 0.3) is 0 Å². The zero-order chi connectivity index (χ0) is 13.0. The van der Waals surface area contributed by atoms with Gasteiger partial charge in [-0.3, -0.25) is 4.57 Å². The number of rotatable bonds is 3. The molecule has 2 aromatic rings. The maximum absolute atomic E-state index is 11.6. The predicted molar refractivity (Wildman–Crippen MR) is 69.5 cm³/mol. The van der Waals surface area contributed by atoms with Gasteiger partial charge in [-0.2, -0.15) is 5.10 Å². The van der Waals surface area contributed by atoms with Crippen LogP contribution in [0, 0.1) is 11.8 Å². The molecule has 0 fully saturated rings. The number of aliphatic hydroxyl groups excluding tert-OH is 1. The summed E-state index contributed by atoms with van der Waals surface area (Å²) in [7, 11) is 1.67. The van der Waals surface area contributed by atoms with Crippen molar-refractivity contribution in [2.24, 2.45) is 7.05 Å². The smallest absolute Gasteiger partial charge is 0.345 e. The van der Waals surface area contributed by atoms with E-state index in [4.69, 9.17) is 5.11 Å². The summed E-state index contributed by atoms with van der Waals surface area (Å²) in [5.41, 5.74) is 0.781. The Morgan fingerprint density at radius 3 is 3.06 bits per heavy atom. The van der Waals surface area contributed by atoms with Crippen LogP contribution in [0.25, 0.3) is 0 Å². The molecule has 0 bridgehead atoms. The van der Waals surface area contributed by atoms with Crippen LogP contribution in [0.15, 0.2) is 22.6 Å². The van der Waals surface area contributed by atoms with Gasteiger partial charge >= 0.3 is 5.69 Å². The van der Waals surface area contributed by atoms with Crippen molar-refractivity contribution in [2.45, 2.75) is 13.0 Å². The van der Waals surface area contributed by atoms with Gasteiger partial charge in [0, 0.05) is 29.3 Å². The molecule has 94 valence electrons. The van der Waals surface area contributed by atoms with Crippen LogP contribution < -0.4 is 5.69 Å². The van der Waals surface area contributed by atoms with Crippen LogP contribution in [0.5, 0.6) is 0 Å². The molecule has 0 saturated heterocycles. The highest BCUT2D eigenvalue weighted by molar-refractivity contribution is 7.10. The SMILES string of the molecule is Cn1cnn(Cc2cc(C#CCCO)cs2)c1=O. The first-order chi connectivity index (χ1) is 8.70. The fourth-order valence-corrected chi connectivity index (χ4v) is 2.22. The van der Waals surface area contributed by atoms with E-state index < -0.39 is 0 Å². The lowest BCUT2D eigenvalue weighted by atomic mass is 10.3. The molecule has 18 heavy (non-hydrogen) atoms. The minimum absolute atomic E-state index is 0.0767. The van der Waals surface area contributed by atoms with Crippen LogP contribution in [-0.2, 0) is 13.6 Å². The summed E-state index contributed by atoms with van der Waals surface area (Å²) in [6.45, 7) is 0.541. The molecule has 1 N–H and O–H groups in total. The van der Waals surface area contributed by atoms with E-state index in [9.17, 15) is 4.79 Å². The molecule has 5 nitrogen and oxygen atoms in total. The van der Waals surface area contributed by atoms with Gasteiger partial charge in [0.15, 0.2) is 0 Å². The summed E-state index contributed by atoms with van der Waals surface area (Å²) in [5.74, 6) is 5.82. The molecule has 0 radical (unpaired) electrons. The van der Waals surface area contributed by atoms with E-state index in [1.54, 1.807) is 18.4 Å². The lowest BCUT2D eigenvalue weighted by molar-refractivity contribution is 0.305. The topological polar surface area (TPSA) is 60.1 Å². The molecule has 0 aliphatic carbocycles. The molecule has 0 amide bonds. The summed E-state index contributed by atoms with van der Waals surface area (Å²) in [6, 6.07) is 1.94. The Labute approximate surface area is 108 Å². The zero-order valence-electron chi connectivity index (χ0n) is 9.96. The number of hydrogen-bond donors (Lipinski definition) is 1. The van der Waals surface area contributed by atoms with Crippen LogP contribution in [-0.4, -0.2) is 26.1 Å². The lowest BCUT2D eigenvalue weighted by Crippen LogP contribution is -2.23. The number of aliphatic hydroxyl groups is 1. The average Bonchev–Trinajstić information content (AvgIpc) is 2.92. The van der Waals surface area contributed by atoms with Crippen molar-refractivity contribution in [2.75, 3.05) is 6.61 Å². The van der Waals surface area contributed by atoms with Gasteiger partial charge in [0.1, 0.15) is 6.33 Å². The molecule has 2 heterocycles. The van der Waals surface area contributed by atoms with E-state index in [1.807, 2.05) is 11.4 Å². The van der Waals surface area contributed by atoms with E-state index in [0.717, 1.165) is 10.4 Å². The molecule has 0 unspecified atom stereocenters. The first-order valence-corrected chi connectivity index (χ1v) is 6.34. The summed E-state index contributed by atoms with van der Waals surface area (Å²) < 4.78 is 2.85. The fourth-order valence-electron chi connectivity index (χ4n) is 1.43. The number of hydrogen-bond acceptors (Lipinski definition) is 4. The van der Waals surface area contributed by atoms with Crippen LogP contribution in [0.1, 0.15) is 16.9 Å². The molecular weight excluding hydrogens is 250 g/mol. The maximum atomic E-state index is 11.6. The van der Waals surface area contributed by atoms with Crippen molar-refractivity contribution < 1.29 is 5.11 Å². The second-order valence-electron chi connectivity index (χ2n) is 3.76. The Morgan fingerprint density at radius 1 is 1.56 bits per heavy atom. The second-order valence-corrected chi connectivity index (χ2v) is 4.75. The molecule has 2 aromatic heterocycles. The van der Waals surface area contributed by atoms with Gasteiger partial charge < -0.3 is 5.11 Å². The van der Waals surface area contributed by atoms with Crippen LogP contribution in [0.3, 0.4) is 0 Å². The minimum atomic E-state index is -0.128. The van der Waals surface area contributed by atoms with Gasteiger partial charge in [-0.15, -0.1) is 11.3 Å². The highest BCUT2D eigenvalue weighted by Crippen LogP contribution is 2.14. The summed E-state index contributed by atoms with van der Waals surface area (Å²) in [4.78, 5) is 12.6. The van der Waals surface area contributed by atoms with Gasteiger partial charge in [-0.1, -0.05) is 11.8 Å². The van der Waals surface area contributed by atoms with Gasteiger partial charge in [0.2, 0.25) is 0 Å². The first-order valence-electron chi connectivity index (χ1n) is 5.46. The fraction of sp³-hybridized carbons (Fsp3) is 0.333. The Bertz CT molecular complexity index is 642. The van der Waals surface area contributed by atoms with Crippen molar-refractivity contribution >= 4 is 11.3 Å². The van der Waals surface area contributed by atoms with E-state index in [2.05, 4.69) is 16.9 Å². The third-order valence-corrected chi connectivity index (χ3v) is 3.24. The van der Waals surface area contributed by atoms with Crippen molar-refractivity contribution in [3.63, 3.8) is 0 Å².